The van der Waals surface area contributed by atoms with Crippen LogP contribution >= 0.6 is 0 Å². The molecule has 2 fully saturated rings. The average Bonchev–Trinajstić information content (AvgIpc) is 3.17. The lowest BCUT2D eigenvalue weighted by Crippen LogP contribution is -2.51. The van der Waals surface area contributed by atoms with Gasteiger partial charge in [0.25, 0.3) is 5.91 Å². The molecular weight excluding hydrogens is 323 g/mol. The standard InChI is InChI=1S/C19H27FN2O3/c1-24-16-7-5-6-15(17(16)25-2)14-21-12-8-19(20,9-13-21)18(23)22-10-3-4-11-22/h5-7H,3-4,8-14H2,1-2H3. The minimum absolute atomic E-state index is 0.259. The number of alkyl halides is 1. The van der Waals surface area contributed by atoms with Crippen LogP contribution in [-0.2, 0) is 11.3 Å². The third-order valence-corrected chi connectivity index (χ3v) is 5.30. The number of hydrogen-bond donors (Lipinski definition) is 0. The van der Waals surface area contributed by atoms with Crippen LogP contribution in [0.4, 0.5) is 4.39 Å². The molecule has 0 aromatic heterocycles. The first-order chi connectivity index (χ1) is 12.1. The van der Waals surface area contributed by atoms with Gasteiger partial charge in [0.05, 0.1) is 14.2 Å². The van der Waals surface area contributed by atoms with E-state index < -0.39 is 5.67 Å². The van der Waals surface area contributed by atoms with E-state index in [4.69, 9.17) is 9.47 Å². The van der Waals surface area contributed by atoms with E-state index in [0.29, 0.717) is 38.5 Å². The normalized spacial score (nSPS) is 20.5. The van der Waals surface area contributed by atoms with E-state index in [-0.39, 0.29) is 18.7 Å². The molecule has 2 aliphatic heterocycles. The van der Waals surface area contributed by atoms with Gasteiger partial charge in [0.15, 0.2) is 17.2 Å². The number of hydrogen-bond acceptors (Lipinski definition) is 4. The van der Waals surface area contributed by atoms with Crippen molar-refractivity contribution in [3.8, 4) is 11.5 Å². The third-order valence-electron chi connectivity index (χ3n) is 5.30. The lowest BCUT2D eigenvalue weighted by molar-refractivity contribution is -0.146. The van der Waals surface area contributed by atoms with Gasteiger partial charge in [-0.15, -0.1) is 0 Å². The number of rotatable bonds is 5. The van der Waals surface area contributed by atoms with Gasteiger partial charge in [0, 0.05) is 51.1 Å². The summed E-state index contributed by atoms with van der Waals surface area (Å²) in [4.78, 5) is 16.3. The highest BCUT2D eigenvalue weighted by atomic mass is 19.1. The maximum atomic E-state index is 15.1. The van der Waals surface area contributed by atoms with E-state index in [1.54, 1.807) is 19.1 Å². The van der Waals surface area contributed by atoms with Gasteiger partial charge in [-0.2, -0.15) is 0 Å². The maximum absolute atomic E-state index is 15.1. The molecule has 3 rings (SSSR count). The van der Waals surface area contributed by atoms with Crippen LogP contribution in [0.2, 0.25) is 0 Å². The minimum atomic E-state index is -1.70. The number of likely N-dealkylation sites (tertiary alicyclic amines) is 2. The van der Waals surface area contributed by atoms with Crippen molar-refractivity contribution in [1.82, 2.24) is 9.80 Å². The summed E-state index contributed by atoms with van der Waals surface area (Å²) in [5.41, 5.74) is -0.682. The highest BCUT2D eigenvalue weighted by Crippen LogP contribution is 2.34. The van der Waals surface area contributed by atoms with E-state index in [0.717, 1.165) is 24.2 Å². The largest absolute Gasteiger partial charge is 0.493 e. The minimum Gasteiger partial charge on any atom is -0.493 e. The van der Waals surface area contributed by atoms with Crippen LogP contribution < -0.4 is 9.47 Å². The number of piperidine rings is 1. The Morgan fingerprint density at radius 1 is 1.12 bits per heavy atom. The first kappa shape index (κ1) is 18.0. The Morgan fingerprint density at radius 2 is 1.80 bits per heavy atom. The van der Waals surface area contributed by atoms with Crippen molar-refractivity contribution in [2.45, 2.75) is 37.9 Å². The molecule has 138 valence electrons. The highest BCUT2D eigenvalue weighted by Gasteiger charge is 2.44. The number of carbonyl (C=O) groups excluding carboxylic acids is 1. The first-order valence-corrected chi connectivity index (χ1v) is 8.98. The van der Waals surface area contributed by atoms with Crippen molar-refractivity contribution in [2.75, 3.05) is 40.4 Å². The summed E-state index contributed by atoms with van der Waals surface area (Å²) < 4.78 is 25.9. The van der Waals surface area contributed by atoms with Crippen LogP contribution in [0.25, 0.3) is 0 Å². The van der Waals surface area contributed by atoms with Crippen LogP contribution in [0.3, 0.4) is 0 Å². The molecule has 6 heteroatoms. The SMILES string of the molecule is COc1cccc(CN2CCC(F)(C(=O)N3CCCC3)CC2)c1OC. The van der Waals surface area contributed by atoms with E-state index in [1.165, 1.54) is 0 Å². The van der Waals surface area contributed by atoms with Gasteiger partial charge >= 0.3 is 0 Å². The molecule has 1 amide bonds. The number of methoxy groups -OCH3 is 2. The molecule has 25 heavy (non-hydrogen) atoms. The number of nitrogens with zero attached hydrogens (tertiary/aromatic N) is 2. The van der Waals surface area contributed by atoms with E-state index in [2.05, 4.69) is 4.90 Å². The summed E-state index contributed by atoms with van der Waals surface area (Å²) in [5.74, 6) is 1.11. The van der Waals surface area contributed by atoms with Crippen molar-refractivity contribution >= 4 is 5.91 Å². The van der Waals surface area contributed by atoms with Gasteiger partial charge in [0.2, 0.25) is 0 Å². The predicted octanol–water partition coefficient (Wildman–Crippen LogP) is 2.63. The number of ether oxygens (including phenoxy) is 2. The van der Waals surface area contributed by atoms with E-state index in [1.807, 2.05) is 18.2 Å². The molecule has 0 unspecified atom stereocenters. The van der Waals surface area contributed by atoms with Gasteiger partial charge in [0.1, 0.15) is 0 Å². The number of benzene rings is 1. The van der Waals surface area contributed by atoms with Gasteiger partial charge in [-0.1, -0.05) is 12.1 Å². The van der Waals surface area contributed by atoms with Crippen molar-refractivity contribution in [3.05, 3.63) is 23.8 Å². The molecule has 0 aliphatic carbocycles. The monoisotopic (exact) mass is 350 g/mol. The van der Waals surface area contributed by atoms with Crippen molar-refractivity contribution in [1.29, 1.82) is 0 Å². The highest BCUT2D eigenvalue weighted by molar-refractivity contribution is 5.85. The summed E-state index contributed by atoms with van der Waals surface area (Å²) in [6.45, 7) is 3.20. The number of halogens is 1. The van der Waals surface area contributed by atoms with Gasteiger partial charge in [-0.25, -0.2) is 4.39 Å². The van der Waals surface area contributed by atoms with Crippen LogP contribution in [0.1, 0.15) is 31.2 Å². The lowest BCUT2D eigenvalue weighted by atomic mass is 9.91. The summed E-state index contributed by atoms with van der Waals surface area (Å²) in [5, 5.41) is 0. The molecule has 2 aliphatic rings. The molecule has 1 aromatic carbocycles. The van der Waals surface area contributed by atoms with E-state index in [9.17, 15) is 4.79 Å². The quantitative estimate of drug-likeness (QED) is 0.819. The molecular formula is C19H27FN2O3. The Kier molecular flexibility index (Phi) is 5.47. The molecule has 0 atom stereocenters. The zero-order chi connectivity index (χ0) is 17.9. The van der Waals surface area contributed by atoms with Gasteiger partial charge < -0.3 is 14.4 Å². The Hall–Kier alpha value is -1.82. The first-order valence-electron chi connectivity index (χ1n) is 8.98. The third kappa shape index (κ3) is 3.73. The summed E-state index contributed by atoms with van der Waals surface area (Å²) >= 11 is 0. The molecule has 2 heterocycles. The smallest absolute Gasteiger partial charge is 0.260 e. The van der Waals surface area contributed by atoms with Crippen LogP contribution in [0.5, 0.6) is 11.5 Å². The number of amides is 1. The molecule has 0 saturated carbocycles. The summed E-state index contributed by atoms with van der Waals surface area (Å²) in [6.07, 6.45) is 2.50. The van der Waals surface area contributed by atoms with Gasteiger partial charge in [-0.05, 0) is 18.9 Å². The molecule has 5 nitrogen and oxygen atoms in total. The fraction of sp³-hybridized carbons (Fsp3) is 0.632. The average molecular weight is 350 g/mol. The lowest BCUT2D eigenvalue weighted by Gasteiger charge is -2.37. The number of para-hydroxylation sites is 1. The zero-order valence-corrected chi connectivity index (χ0v) is 15.1. The van der Waals surface area contributed by atoms with Crippen molar-refractivity contribution in [3.63, 3.8) is 0 Å². The van der Waals surface area contributed by atoms with Gasteiger partial charge in [-0.3, -0.25) is 9.69 Å². The summed E-state index contributed by atoms with van der Waals surface area (Å²) in [6, 6.07) is 5.78. The fourth-order valence-electron chi connectivity index (χ4n) is 3.80. The van der Waals surface area contributed by atoms with Crippen molar-refractivity contribution in [2.24, 2.45) is 0 Å². The molecule has 1 aromatic rings. The Bertz CT molecular complexity index is 609. The zero-order valence-electron chi connectivity index (χ0n) is 15.1. The second kappa shape index (κ2) is 7.60. The molecule has 0 spiro atoms. The molecule has 0 N–H and O–H groups in total. The van der Waals surface area contributed by atoms with E-state index >= 15 is 4.39 Å². The second-order valence-electron chi connectivity index (χ2n) is 6.89. The molecule has 0 radical (unpaired) electrons. The Balaban J connectivity index is 1.62. The van der Waals surface area contributed by atoms with Crippen LogP contribution in [0, 0.1) is 0 Å². The van der Waals surface area contributed by atoms with Crippen molar-refractivity contribution < 1.29 is 18.7 Å². The second-order valence-corrected chi connectivity index (χ2v) is 6.89. The predicted molar refractivity (Wildman–Crippen MR) is 93.7 cm³/mol. The Labute approximate surface area is 148 Å². The Morgan fingerprint density at radius 3 is 2.40 bits per heavy atom. The van der Waals surface area contributed by atoms with Crippen LogP contribution in [-0.4, -0.2) is 61.8 Å². The fourth-order valence-corrected chi connectivity index (χ4v) is 3.80. The summed E-state index contributed by atoms with van der Waals surface area (Å²) in [7, 11) is 3.24. The molecule has 0 bridgehead atoms. The number of carbonyl (C=O) groups is 1. The molecule has 2 saturated heterocycles. The topological polar surface area (TPSA) is 42.0 Å². The maximum Gasteiger partial charge on any atom is 0.260 e. The van der Waals surface area contributed by atoms with Crippen LogP contribution in [0.15, 0.2) is 18.2 Å².